The Balaban J connectivity index is 1.76. The second kappa shape index (κ2) is 8.68. The van der Waals surface area contributed by atoms with Gasteiger partial charge in [0.25, 0.3) is 0 Å². The van der Waals surface area contributed by atoms with Gasteiger partial charge in [0.1, 0.15) is 0 Å². The van der Waals surface area contributed by atoms with E-state index in [4.69, 9.17) is 0 Å². The highest BCUT2D eigenvalue weighted by molar-refractivity contribution is 6.15. The Morgan fingerprint density at radius 1 is 0.472 bits per heavy atom. The van der Waals surface area contributed by atoms with Crippen LogP contribution in [0, 0.1) is 34.6 Å². The number of benzene rings is 5. The van der Waals surface area contributed by atoms with Crippen molar-refractivity contribution in [2.24, 2.45) is 0 Å². The first-order valence-electron chi connectivity index (χ1n) is 13.0. The van der Waals surface area contributed by atoms with E-state index in [0.29, 0.717) is 0 Å². The van der Waals surface area contributed by atoms with E-state index >= 15 is 0 Å². The molecule has 0 heterocycles. The van der Waals surface area contributed by atoms with E-state index in [9.17, 15) is 0 Å². The first kappa shape index (κ1) is 22.6. The summed E-state index contributed by atoms with van der Waals surface area (Å²) < 4.78 is 0. The lowest BCUT2D eigenvalue weighted by atomic mass is 9.92. The van der Waals surface area contributed by atoms with Gasteiger partial charge in [0.2, 0.25) is 0 Å². The lowest BCUT2D eigenvalue weighted by molar-refractivity contribution is 1.11. The Morgan fingerprint density at radius 3 is 1.67 bits per heavy atom. The number of anilines is 3. The van der Waals surface area contributed by atoms with Crippen LogP contribution in [0.5, 0.6) is 0 Å². The van der Waals surface area contributed by atoms with Gasteiger partial charge in [-0.2, -0.15) is 0 Å². The van der Waals surface area contributed by atoms with Crippen LogP contribution in [-0.2, 0) is 0 Å². The molecule has 0 aromatic heterocycles. The molecule has 0 radical (unpaired) electrons. The van der Waals surface area contributed by atoms with Crippen LogP contribution in [0.2, 0.25) is 0 Å². The summed E-state index contributed by atoms with van der Waals surface area (Å²) in [6, 6.07) is 27.4. The van der Waals surface area contributed by atoms with Crippen molar-refractivity contribution in [2.75, 3.05) is 4.90 Å². The third-order valence-electron chi connectivity index (χ3n) is 8.03. The van der Waals surface area contributed by atoms with Gasteiger partial charge >= 0.3 is 0 Å². The Bertz CT molecular complexity index is 1740. The molecule has 0 atom stereocenters. The molecule has 0 amide bonds. The summed E-state index contributed by atoms with van der Waals surface area (Å²) in [5.41, 5.74) is 10.2. The van der Waals surface area contributed by atoms with Gasteiger partial charge < -0.3 is 4.90 Å². The minimum atomic E-state index is 1.10. The van der Waals surface area contributed by atoms with Crippen molar-refractivity contribution in [3.05, 3.63) is 111 Å². The van der Waals surface area contributed by atoms with Gasteiger partial charge in [0.05, 0.1) is 5.69 Å². The van der Waals surface area contributed by atoms with Gasteiger partial charge in [-0.05, 0) is 132 Å². The van der Waals surface area contributed by atoms with Gasteiger partial charge in [0, 0.05) is 16.8 Å². The molecule has 0 saturated heterocycles. The lowest BCUT2D eigenvalue weighted by Crippen LogP contribution is -2.30. The maximum absolute atomic E-state index is 2.46. The van der Waals surface area contributed by atoms with E-state index in [2.05, 4.69) is 124 Å². The molecule has 1 aliphatic carbocycles. The highest BCUT2D eigenvalue weighted by Crippen LogP contribution is 2.42. The normalized spacial score (nSPS) is 12.8. The predicted molar refractivity (Wildman–Crippen MR) is 157 cm³/mol. The van der Waals surface area contributed by atoms with E-state index in [-0.39, 0.29) is 0 Å². The molecule has 5 aromatic rings. The van der Waals surface area contributed by atoms with Crippen LogP contribution in [0.15, 0.2) is 72.8 Å². The second-order valence-electron chi connectivity index (χ2n) is 10.4. The van der Waals surface area contributed by atoms with Gasteiger partial charge in [-0.1, -0.05) is 54.6 Å². The summed E-state index contributed by atoms with van der Waals surface area (Å²) >= 11 is 0. The van der Waals surface area contributed by atoms with Crippen LogP contribution in [0.4, 0.5) is 17.1 Å². The van der Waals surface area contributed by atoms with E-state index in [1.165, 1.54) is 76.9 Å². The average molecular weight is 468 g/mol. The molecule has 1 aliphatic rings. The SMILES string of the molecule is Cc1ccc(N(c2ccc(C)c(C)c2)c2cc3c4c(c(C)cc3c3ccccc23)=CCCC=4)cc1C. The maximum atomic E-state index is 2.46. The molecule has 0 fully saturated rings. The quantitative estimate of drug-likeness (QED) is 0.241. The van der Waals surface area contributed by atoms with Crippen LogP contribution in [-0.4, -0.2) is 0 Å². The first-order chi connectivity index (χ1) is 17.4. The minimum Gasteiger partial charge on any atom is -0.310 e. The van der Waals surface area contributed by atoms with Gasteiger partial charge in [-0.3, -0.25) is 0 Å². The summed E-state index contributed by atoms with van der Waals surface area (Å²) in [6.07, 6.45) is 7.09. The smallest absolute Gasteiger partial charge is 0.0546 e. The van der Waals surface area contributed by atoms with Crippen LogP contribution >= 0.6 is 0 Å². The van der Waals surface area contributed by atoms with Crippen LogP contribution in [0.25, 0.3) is 33.7 Å². The zero-order valence-electron chi connectivity index (χ0n) is 21.9. The first-order valence-corrected chi connectivity index (χ1v) is 13.0. The zero-order valence-corrected chi connectivity index (χ0v) is 21.9. The number of aryl methyl sites for hydroxylation is 5. The molecule has 0 bridgehead atoms. The fraction of sp³-hybridized carbons (Fsp3) is 0.200. The van der Waals surface area contributed by atoms with E-state index in [1.807, 2.05) is 0 Å². The van der Waals surface area contributed by atoms with E-state index < -0.39 is 0 Å². The van der Waals surface area contributed by atoms with Crippen LogP contribution < -0.4 is 15.3 Å². The largest absolute Gasteiger partial charge is 0.310 e. The zero-order chi connectivity index (χ0) is 25.0. The predicted octanol–water partition coefficient (Wildman–Crippen LogP) is 8.36. The molecule has 0 saturated carbocycles. The van der Waals surface area contributed by atoms with Crippen molar-refractivity contribution in [2.45, 2.75) is 47.5 Å². The van der Waals surface area contributed by atoms with Crippen molar-refractivity contribution in [3.63, 3.8) is 0 Å². The monoisotopic (exact) mass is 467 g/mol. The molecule has 0 N–H and O–H groups in total. The summed E-state index contributed by atoms with van der Waals surface area (Å²) in [5.74, 6) is 0. The topological polar surface area (TPSA) is 3.24 Å². The summed E-state index contributed by atoms with van der Waals surface area (Å²) in [4.78, 5) is 2.46. The Kier molecular flexibility index (Phi) is 5.45. The van der Waals surface area contributed by atoms with Crippen molar-refractivity contribution in [1.82, 2.24) is 0 Å². The van der Waals surface area contributed by atoms with Crippen molar-refractivity contribution in [3.8, 4) is 0 Å². The maximum Gasteiger partial charge on any atom is 0.0546 e. The number of hydrogen-bond donors (Lipinski definition) is 0. The van der Waals surface area contributed by atoms with Crippen LogP contribution in [0.1, 0.15) is 40.7 Å². The lowest BCUT2D eigenvalue weighted by Gasteiger charge is -2.29. The standard InChI is InChI=1S/C35H33N/c1-22-14-16-27(18-24(22)3)36(28-17-15-23(2)25(4)19-28)35-21-34-30-11-7-6-10-29(30)26(5)20-33(34)31-12-8-9-13-32(31)35/h8-21H,6-7H2,1-5H3. The highest BCUT2D eigenvalue weighted by atomic mass is 15.1. The molecular weight excluding hydrogens is 434 g/mol. The third kappa shape index (κ3) is 3.62. The summed E-state index contributed by atoms with van der Waals surface area (Å²) in [6.45, 7) is 11.0. The molecular formula is C35H33N. The van der Waals surface area contributed by atoms with E-state index in [1.54, 1.807) is 0 Å². The van der Waals surface area contributed by atoms with Gasteiger partial charge in [-0.15, -0.1) is 0 Å². The number of nitrogens with zero attached hydrogens (tertiary/aromatic N) is 1. The summed E-state index contributed by atoms with van der Waals surface area (Å²) in [5, 5.41) is 8.07. The molecule has 1 nitrogen and oxygen atoms in total. The van der Waals surface area contributed by atoms with Crippen molar-refractivity contribution in [1.29, 1.82) is 0 Å². The Morgan fingerprint density at radius 2 is 1.06 bits per heavy atom. The Labute approximate surface area is 214 Å². The fourth-order valence-corrected chi connectivity index (χ4v) is 5.70. The fourth-order valence-electron chi connectivity index (χ4n) is 5.70. The molecule has 5 aromatic carbocycles. The molecule has 0 aliphatic heterocycles. The number of hydrogen-bond acceptors (Lipinski definition) is 1. The molecule has 0 spiro atoms. The highest BCUT2D eigenvalue weighted by Gasteiger charge is 2.19. The number of rotatable bonds is 3. The van der Waals surface area contributed by atoms with Crippen molar-refractivity contribution >= 4 is 50.8 Å². The minimum absolute atomic E-state index is 1.10. The molecule has 1 heteroatoms. The molecule has 36 heavy (non-hydrogen) atoms. The summed E-state index contributed by atoms with van der Waals surface area (Å²) in [7, 11) is 0. The molecule has 178 valence electrons. The third-order valence-corrected chi connectivity index (χ3v) is 8.03. The second-order valence-corrected chi connectivity index (χ2v) is 10.4. The molecule has 0 unspecified atom stereocenters. The number of fused-ring (bicyclic) bond motifs is 5. The van der Waals surface area contributed by atoms with Gasteiger partial charge in [0.15, 0.2) is 0 Å². The van der Waals surface area contributed by atoms with E-state index in [0.717, 1.165) is 12.8 Å². The molecule has 6 rings (SSSR count). The average Bonchev–Trinajstić information content (AvgIpc) is 2.89. The van der Waals surface area contributed by atoms with Gasteiger partial charge in [-0.25, -0.2) is 0 Å². The van der Waals surface area contributed by atoms with Crippen LogP contribution in [0.3, 0.4) is 0 Å². The Hall–Kier alpha value is -3.84. The van der Waals surface area contributed by atoms with Crippen molar-refractivity contribution < 1.29 is 0 Å².